The summed E-state index contributed by atoms with van der Waals surface area (Å²) in [6, 6.07) is 60.7. The molecular formula is C64H60IrN4O-2. The molecule has 1 radical (unpaired) electrons. The number of hydrogen-bond donors (Lipinski definition) is 0. The molecule has 0 atom stereocenters. The molecule has 0 saturated heterocycles. The zero-order chi connectivity index (χ0) is 50.6. The van der Waals surface area contributed by atoms with Gasteiger partial charge in [0.1, 0.15) is 5.58 Å². The van der Waals surface area contributed by atoms with E-state index in [1.165, 1.54) is 44.6 Å². The van der Waals surface area contributed by atoms with Crippen LogP contribution in [0.2, 0.25) is 0 Å². The van der Waals surface area contributed by atoms with Crippen LogP contribution >= 0.6 is 0 Å². The predicted octanol–water partition coefficient (Wildman–Crippen LogP) is 17.7. The van der Waals surface area contributed by atoms with Crippen molar-refractivity contribution in [3.05, 3.63) is 203 Å². The van der Waals surface area contributed by atoms with Gasteiger partial charge in [0.05, 0.1) is 39.3 Å². The molecule has 0 unspecified atom stereocenters. The van der Waals surface area contributed by atoms with E-state index in [0.717, 1.165) is 61.3 Å². The van der Waals surface area contributed by atoms with Gasteiger partial charge in [0.25, 0.3) is 0 Å². The average molecular weight is 1100 g/mol. The summed E-state index contributed by atoms with van der Waals surface area (Å²) in [5, 5.41) is 1.76. The normalized spacial score (nSPS) is 12.5. The molecule has 0 saturated carbocycles. The van der Waals surface area contributed by atoms with Gasteiger partial charge in [-0.05, 0) is 112 Å². The SMILES string of the molecule is Cc1c[c-]c(-c2nc3ccccc3n2-c2c(C(C)C)cccc2C(C)C)cc1.[2H]C([2H])([2H])c1ccc2c(c1)oc1c(-c3nc4ccccc4n3-c3c(C(C)C)cc(-c4ccccc4)cc3C(C)C)[c-]ccc12.[Ir]. The summed E-state index contributed by atoms with van der Waals surface area (Å²) in [7, 11) is 0. The van der Waals surface area contributed by atoms with Crippen LogP contribution in [0, 0.1) is 25.9 Å². The summed E-state index contributed by atoms with van der Waals surface area (Å²) >= 11 is 0. The maximum absolute atomic E-state index is 7.90. The molecule has 0 aliphatic rings. The van der Waals surface area contributed by atoms with E-state index in [9.17, 15) is 0 Å². The van der Waals surface area contributed by atoms with Crippen molar-refractivity contribution in [1.29, 1.82) is 0 Å². The largest absolute Gasteiger partial charge is 0.501 e. The van der Waals surface area contributed by atoms with Gasteiger partial charge in [0.2, 0.25) is 0 Å². The molecule has 0 N–H and O–H groups in total. The van der Waals surface area contributed by atoms with Crippen LogP contribution in [0.25, 0.3) is 89.3 Å². The molecule has 0 amide bonds. The van der Waals surface area contributed by atoms with Crippen LogP contribution in [0.4, 0.5) is 0 Å². The fourth-order valence-corrected chi connectivity index (χ4v) is 9.79. The smallest absolute Gasteiger partial charge is 0.121 e. The molecule has 5 nitrogen and oxygen atoms in total. The molecule has 8 aromatic carbocycles. The minimum atomic E-state index is -2.22. The topological polar surface area (TPSA) is 48.8 Å². The van der Waals surface area contributed by atoms with Crippen LogP contribution < -0.4 is 0 Å². The van der Waals surface area contributed by atoms with E-state index in [-0.39, 0.29) is 37.5 Å². The average Bonchev–Trinajstić information content (AvgIpc) is 4.07. The molecular weight excluding hydrogens is 1030 g/mol. The maximum atomic E-state index is 7.90. The fraction of sp³-hybridized carbons (Fsp3) is 0.219. The van der Waals surface area contributed by atoms with E-state index in [1.54, 1.807) is 12.1 Å². The van der Waals surface area contributed by atoms with Crippen LogP contribution in [-0.2, 0) is 20.1 Å². The number of aromatic nitrogens is 4. The van der Waals surface area contributed by atoms with Crippen LogP contribution in [0.15, 0.2) is 162 Å². The van der Waals surface area contributed by atoms with Crippen LogP contribution in [0.5, 0.6) is 0 Å². The Morgan fingerprint density at radius 1 is 0.514 bits per heavy atom. The number of benzene rings is 8. The van der Waals surface area contributed by atoms with E-state index in [0.29, 0.717) is 23.0 Å². The molecule has 11 aromatic rings. The second-order valence-corrected chi connectivity index (χ2v) is 19.5. The summed E-state index contributed by atoms with van der Waals surface area (Å²) in [6.45, 7) is 17.9. The number of nitrogens with zero attached hydrogens (tertiary/aromatic N) is 4. The fourth-order valence-electron chi connectivity index (χ4n) is 9.79. The molecule has 0 aliphatic carbocycles. The number of rotatable bonds is 9. The Balaban J connectivity index is 0.000000195. The van der Waals surface area contributed by atoms with E-state index in [4.69, 9.17) is 18.5 Å². The molecule has 6 heteroatoms. The van der Waals surface area contributed by atoms with E-state index in [1.807, 2.05) is 42.5 Å². The second-order valence-electron chi connectivity index (χ2n) is 19.5. The van der Waals surface area contributed by atoms with Gasteiger partial charge >= 0.3 is 0 Å². The Morgan fingerprint density at radius 3 is 1.66 bits per heavy atom. The predicted molar refractivity (Wildman–Crippen MR) is 289 cm³/mol. The zero-order valence-electron chi connectivity index (χ0n) is 44.4. The Labute approximate surface area is 430 Å². The number of para-hydroxylation sites is 5. The van der Waals surface area contributed by atoms with Gasteiger partial charge in [-0.1, -0.05) is 158 Å². The summed E-state index contributed by atoms with van der Waals surface area (Å²) < 4.78 is 34.8. The standard InChI is InChI=1S/C38H33N2O.C26H27N2.Ir/c1-23(2)31-21-27(26-12-7-6-8-13-26)22-32(24(3)4)36(31)40-34-17-10-9-16-33(34)39-38(40)30-15-11-14-29-28-19-18-25(5)20-35(28)41-37(29)30;1-17(2)21-9-8-10-22(18(3)4)25(21)28-24-12-7-6-11-23(24)27-26(28)20-15-13-19(5)14-16-20;/h6-14,16-24H,1-5H3;6-15,17-18H,1-5H3;/q2*-1;/i5D3;;. The molecule has 11 rings (SSSR count). The third kappa shape index (κ3) is 8.85. The van der Waals surface area contributed by atoms with Crippen molar-refractivity contribution in [2.75, 3.05) is 0 Å². The van der Waals surface area contributed by atoms with Crippen molar-refractivity contribution in [1.82, 2.24) is 19.1 Å². The molecule has 3 heterocycles. The molecule has 3 aromatic heterocycles. The molecule has 0 spiro atoms. The van der Waals surface area contributed by atoms with Crippen molar-refractivity contribution in [3.63, 3.8) is 0 Å². The Hall–Kier alpha value is -6.85. The van der Waals surface area contributed by atoms with Gasteiger partial charge in [-0.15, -0.1) is 53.6 Å². The van der Waals surface area contributed by atoms with Crippen LogP contribution in [0.3, 0.4) is 0 Å². The van der Waals surface area contributed by atoms with Crippen molar-refractivity contribution in [2.45, 2.75) is 92.8 Å². The number of furan rings is 1. The summed E-state index contributed by atoms with van der Waals surface area (Å²) in [6.07, 6.45) is 0. The van der Waals surface area contributed by atoms with Crippen molar-refractivity contribution < 1.29 is 28.6 Å². The Morgan fingerprint density at radius 2 is 1.07 bits per heavy atom. The quantitative estimate of drug-likeness (QED) is 0.135. The first-order chi connectivity index (χ1) is 34.6. The monoisotopic (exact) mass is 1100 g/mol. The van der Waals surface area contributed by atoms with Gasteiger partial charge in [-0.2, -0.15) is 0 Å². The number of aryl methyl sites for hydroxylation is 2. The van der Waals surface area contributed by atoms with Crippen molar-refractivity contribution >= 4 is 44.0 Å². The number of fused-ring (bicyclic) bond motifs is 5. The number of hydrogen-bond acceptors (Lipinski definition) is 3. The first kappa shape index (κ1) is 44.4. The molecule has 70 heavy (non-hydrogen) atoms. The first-order valence-corrected chi connectivity index (χ1v) is 24.3. The van der Waals surface area contributed by atoms with Crippen molar-refractivity contribution in [2.24, 2.45) is 0 Å². The minimum absolute atomic E-state index is 0. The van der Waals surface area contributed by atoms with Gasteiger partial charge in [-0.25, -0.2) is 0 Å². The summed E-state index contributed by atoms with van der Waals surface area (Å²) in [5.74, 6) is 3.02. The van der Waals surface area contributed by atoms with Crippen LogP contribution in [-0.4, -0.2) is 19.1 Å². The molecule has 0 aliphatic heterocycles. The number of imidazole rings is 2. The first-order valence-electron chi connectivity index (χ1n) is 25.8. The maximum Gasteiger partial charge on any atom is 0.121 e. The van der Waals surface area contributed by atoms with Gasteiger partial charge in [-0.3, -0.25) is 9.97 Å². The molecule has 0 bridgehead atoms. The minimum Gasteiger partial charge on any atom is -0.501 e. The molecule has 353 valence electrons. The Kier molecular flexibility index (Phi) is 12.6. The molecule has 0 fully saturated rings. The Bertz CT molecular complexity index is 3710. The van der Waals surface area contributed by atoms with Gasteiger partial charge in [0, 0.05) is 41.0 Å². The van der Waals surface area contributed by atoms with Gasteiger partial charge < -0.3 is 13.6 Å². The zero-order valence-corrected chi connectivity index (χ0v) is 43.7. The summed E-state index contributed by atoms with van der Waals surface area (Å²) in [4.78, 5) is 10.2. The van der Waals surface area contributed by atoms with E-state index >= 15 is 0 Å². The summed E-state index contributed by atoms with van der Waals surface area (Å²) in [5.41, 5.74) is 18.4. The second kappa shape index (κ2) is 19.9. The third-order valence-electron chi connectivity index (χ3n) is 13.3. The van der Waals surface area contributed by atoms with E-state index in [2.05, 4.69) is 187 Å². The van der Waals surface area contributed by atoms with Crippen molar-refractivity contribution in [3.8, 4) is 45.3 Å². The van der Waals surface area contributed by atoms with Crippen LogP contribution in [0.1, 0.15) is 117 Å². The van der Waals surface area contributed by atoms with Gasteiger partial charge in [0.15, 0.2) is 0 Å². The van der Waals surface area contributed by atoms with E-state index < -0.39 is 6.85 Å². The third-order valence-corrected chi connectivity index (χ3v) is 13.3.